The number of benzene rings is 2. The Labute approximate surface area is 143 Å². The summed E-state index contributed by atoms with van der Waals surface area (Å²) in [5, 5.41) is 3.07. The van der Waals surface area contributed by atoms with Crippen molar-refractivity contribution in [1.82, 2.24) is 9.88 Å². The second kappa shape index (κ2) is 7.64. The Morgan fingerprint density at radius 2 is 1.58 bits per heavy atom. The minimum absolute atomic E-state index is 0.0376. The van der Waals surface area contributed by atoms with Crippen LogP contribution in [0.15, 0.2) is 79.1 Å². The van der Waals surface area contributed by atoms with Crippen molar-refractivity contribution in [2.75, 3.05) is 0 Å². The molecule has 0 saturated heterocycles. The number of hydrogen-bond acceptors (Lipinski definition) is 1. The Morgan fingerprint density at radius 1 is 0.917 bits per heavy atom. The molecule has 3 rings (SSSR count). The lowest BCUT2D eigenvalue weighted by Gasteiger charge is -2.19. The van der Waals surface area contributed by atoms with Crippen LogP contribution in [0.4, 0.5) is 0 Å². The van der Waals surface area contributed by atoms with Crippen LogP contribution < -0.4 is 5.32 Å². The predicted molar refractivity (Wildman–Crippen MR) is 96.6 cm³/mol. The van der Waals surface area contributed by atoms with Crippen LogP contribution >= 0.6 is 0 Å². The number of rotatable bonds is 6. The maximum Gasteiger partial charge on any atom is 0.243 e. The van der Waals surface area contributed by atoms with E-state index >= 15 is 0 Å². The van der Waals surface area contributed by atoms with Crippen molar-refractivity contribution < 1.29 is 4.79 Å². The minimum Gasteiger partial charge on any atom is -0.350 e. The van der Waals surface area contributed by atoms with E-state index < -0.39 is 0 Å². The van der Waals surface area contributed by atoms with Gasteiger partial charge in [0, 0.05) is 25.4 Å². The highest BCUT2D eigenvalue weighted by Gasteiger charge is 2.19. The van der Waals surface area contributed by atoms with Gasteiger partial charge in [-0.3, -0.25) is 4.79 Å². The molecule has 3 aromatic rings. The first kappa shape index (κ1) is 16.1. The van der Waals surface area contributed by atoms with Crippen LogP contribution in [0.5, 0.6) is 0 Å². The van der Waals surface area contributed by atoms with Crippen molar-refractivity contribution in [2.45, 2.75) is 25.9 Å². The van der Waals surface area contributed by atoms with E-state index in [1.54, 1.807) is 0 Å². The monoisotopic (exact) mass is 318 g/mol. The smallest absolute Gasteiger partial charge is 0.243 e. The summed E-state index contributed by atoms with van der Waals surface area (Å²) in [5.41, 5.74) is 3.49. The number of carbonyl (C=O) groups is 1. The summed E-state index contributed by atoms with van der Waals surface area (Å²) >= 11 is 0. The van der Waals surface area contributed by atoms with Crippen LogP contribution in [0.25, 0.3) is 0 Å². The van der Waals surface area contributed by atoms with Gasteiger partial charge in [-0.25, -0.2) is 0 Å². The average Bonchev–Trinajstić information content (AvgIpc) is 3.14. The maximum absolute atomic E-state index is 12.8. The number of nitrogens with one attached hydrogen (secondary N) is 1. The lowest BCUT2D eigenvalue weighted by Crippen LogP contribution is -2.33. The van der Waals surface area contributed by atoms with Crippen LogP contribution in [0.2, 0.25) is 0 Å². The molecule has 3 nitrogen and oxygen atoms in total. The van der Waals surface area contributed by atoms with Gasteiger partial charge in [-0.05, 0) is 30.2 Å². The SMILES string of the molecule is Cc1ccc(CNC(=O)[C@@H](Cc2ccccc2)n2cccc2)cc1. The molecule has 2 aromatic carbocycles. The summed E-state index contributed by atoms with van der Waals surface area (Å²) in [6, 6.07) is 22.0. The van der Waals surface area contributed by atoms with Gasteiger partial charge in [0.1, 0.15) is 6.04 Å². The van der Waals surface area contributed by atoms with Gasteiger partial charge in [-0.1, -0.05) is 60.2 Å². The second-order valence-corrected chi connectivity index (χ2v) is 6.04. The van der Waals surface area contributed by atoms with E-state index in [2.05, 4.69) is 48.6 Å². The number of hydrogen-bond donors (Lipinski definition) is 1. The summed E-state index contributed by atoms with van der Waals surface area (Å²) in [5.74, 6) is 0.0376. The van der Waals surface area contributed by atoms with Gasteiger partial charge < -0.3 is 9.88 Å². The molecule has 3 heteroatoms. The molecule has 0 spiro atoms. The fourth-order valence-corrected chi connectivity index (χ4v) is 2.74. The van der Waals surface area contributed by atoms with Crippen molar-refractivity contribution in [3.8, 4) is 0 Å². The zero-order valence-electron chi connectivity index (χ0n) is 13.9. The van der Waals surface area contributed by atoms with Crippen LogP contribution in [0, 0.1) is 6.92 Å². The largest absolute Gasteiger partial charge is 0.350 e. The fraction of sp³-hybridized carbons (Fsp3) is 0.190. The molecule has 1 atom stereocenters. The third-order valence-corrected chi connectivity index (χ3v) is 4.15. The first-order valence-electron chi connectivity index (χ1n) is 8.22. The predicted octanol–water partition coefficient (Wildman–Crippen LogP) is 3.90. The lowest BCUT2D eigenvalue weighted by molar-refractivity contribution is -0.124. The Balaban J connectivity index is 1.70. The normalized spacial score (nSPS) is 11.9. The number of aromatic nitrogens is 1. The molecule has 0 fully saturated rings. The lowest BCUT2D eigenvalue weighted by atomic mass is 10.0. The Bertz CT molecular complexity index is 761. The fourth-order valence-electron chi connectivity index (χ4n) is 2.74. The van der Waals surface area contributed by atoms with E-state index in [1.165, 1.54) is 5.56 Å². The molecule has 0 radical (unpaired) electrons. The van der Waals surface area contributed by atoms with Gasteiger partial charge in [0.2, 0.25) is 5.91 Å². The van der Waals surface area contributed by atoms with E-state index in [4.69, 9.17) is 0 Å². The zero-order valence-corrected chi connectivity index (χ0v) is 13.9. The van der Waals surface area contributed by atoms with Crippen molar-refractivity contribution in [1.29, 1.82) is 0 Å². The summed E-state index contributed by atoms with van der Waals surface area (Å²) in [4.78, 5) is 12.8. The molecule has 0 bridgehead atoms. The molecule has 24 heavy (non-hydrogen) atoms. The summed E-state index contributed by atoms with van der Waals surface area (Å²) in [6.45, 7) is 2.61. The molecule has 1 amide bonds. The number of carbonyl (C=O) groups excluding carboxylic acids is 1. The van der Waals surface area contributed by atoms with Gasteiger partial charge in [-0.15, -0.1) is 0 Å². The molecule has 0 aliphatic carbocycles. The summed E-state index contributed by atoms with van der Waals surface area (Å²) in [6.07, 6.45) is 4.56. The molecule has 1 N–H and O–H groups in total. The topological polar surface area (TPSA) is 34.0 Å². The quantitative estimate of drug-likeness (QED) is 0.735. The standard InChI is InChI=1S/C21H22N2O/c1-17-9-11-19(12-10-17)16-22-21(24)20(23-13-5-6-14-23)15-18-7-3-2-4-8-18/h2-14,20H,15-16H2,1H3,(H,22,24)/t20-/m1/s1. The third kappa shape index (κ3) is 4.13. The molecule has 0 unspecified atom stereocenters. The van der Waals surface area contributed by atoms with E-state index in [9.17, 15) is 4.79 Å². The van der Waals surface area contributed by atoms with Gasteiger partial charge >= 0.3 is 0 Å². The van der Waals surface area contributed by atoms with Crippen molar-refractivity contribution in [3.05, 3.63) is 95.8 Å². The number of nitrogens with zero attached hydrogens (tertiary/aromatic N) is 1. The van der Waals surface area contributed by atoms with Crippen molar-refractivity contribution >= 4 is 5.91 Å². The van der Waals surface area contributed by atoms with Crippen LogP contribution in [-0.4, -0.2) is 10.5 Å². The van der Waals surface area contributed by atoms with E-state index in [1.807, 2.05) is 47.3 Å². The first-order valence-corrected chi connectivity index (χ1v) is 8.22. The Kier molecular flexibility index (Phi) is 5.12. The summed E-state index contributed by atoms with van der Waals surface area (Å²) in [7, 11) is 0. The van der Waals surface area contributed by atoms with Gasteiger partial charge in [0.05, 0.1) is 0 Å². The van der Waals surface area contributed by atoms with Crippen LogP contribution in [0.3, 0.4) is 0 Å². The number of aryl methyl sites for hydroxylation is 1. The van der Waals surface area contributed by atoms with Crippen molar-refractivity contribution in [3.63, 3.8) is 0 Å². The van der Waals surface area contributed by atoms with Crippen LogP contribution in [-0.2, 0) is 17.8 Å². The Hall–Kier alpha value is -2.81. The average molecular weight is 318 g/mol. The van der Waals surface area contributed by atoms with Gasteiger partial charge in [-0.2, -0.15) is 0 Å². The maximum atomic E-state index is 12.8. The second-order valence-electron chi connectivity index (χ2n) is 6.04. The van der Waals surface area contributed by atoms with E-state index in [0.29, 0.717) is 13.0 Å². The molecule has 122 valence electrons. The van der Waals surface area contributed by atoms with E-state index in [0.717, 1.165) is 11.1 Å². The van der Waals surface area contributed by atoms with Gasteiger partial charge in [0.15, 0.2) is 0 Å². The molecule has 0 aliphatic rings. The highest BCUT2D eigenvalue weighted by atomic mass is 16.2. The van der Waals surface area contributed by atoms with Crippen molar-refractivity contribution in [2.24, 2.45) is 0 Å². The molecule has 0 aliphatic heterocycles. The molecular formula is C21H22N2O. The highest BCUT2D eigenvalue weighted by Crippen LogP contribution is 2.15. The minimum atomic E-state index is -0.243. The zero-order chi connectivity index (χ0) is 16.8. The van der Waals surface area contributed by atoms with Gasteiger partial charge in [0.25, 0.3) is 0 Å². The third-order valence-electron chi connectivity index (χ3n) is 4.15. The van der Waals surface area contributed by atoms with Crippen LogP contribution in [0.1, 0.15) is 22.7 Å². The molecule has 1 heterocycles. The molecular weight excluding hydrogens is 296 g/mol. The molecule has 0 saturated carbocycles. The molecule has 1 aromatic heterocycles. The Morgan fingerprint density at radius 3 is 2.25 bits per heavy atom. The van der Waals surface area contributed by atoms with E-state index in [-0.39, 0.29) is 11.9 Å². The highest BCUT2D eigenvalue weighted by molar-refractivity contribution is 5.80. The first-order chi connectivity index (χ1) is 11.7. The summed E-state index contributed by atoms with van der Waals surface area (Å²) < 4.78 is 1.97. The number of amides is 1.